The Bertz CT molecular complexity index is 652. The molecule has 0 saturated heterocycles. The first-order chi connectivity index (χ1) is 8.65. The van der Waals surface area contributed by atoms with Crippen LogP contribution in [0.1, 0.15) is 0 Å². The molecule has 0 fully saturated rings. The van der Waals surface area contributed by atoms with Gasteiger partial charge in [-0.1, -0.05) is 0 Å². The minimum atomic E-state index is -3.78. The van der Waals surface area contributed by atoms with Gasteiger partial charge in [-0.15, -0.1) is 0 Å². The Morgan fingerprint density at radius 1 is 1.26 bits per heavy atom. The van der Waals surface area contributed by atoms with E-state index in [0.29, 0.717) is 5.75 Å². The van der Waals surface area contributed by atoms with E-state index in [-0.39, 0.29) is 22.9 Å². The molecule has 0 amide bonds. The number of ether oxygens (including phenoxy) is 1. The second-order valence-electron chi connectivity index (χ2n) is 3.93. The van der Waals surface area contributed by atoms with Crippen molar-refractivity contribution >= 4 is 25.5 Å². The molecule has 0 saturated carbocycles. The molecule has 1 aromatic carbocycles. The summed E-state index contributed by atoms with van der Waals surface area (Å²) in [6, 6.07) is 4.01. The van der Waals surface area contributed by atoms with Crippen LogP contribution >= 0.6 is 0 Å². The van der Waals surface area contributed by atoms with Crippen LogP contribution in [0, 0.1) is 0 Å². The molecule has 1 rings (SSSR count). The van der Waals surface area contributed by atoms with Gasteiger partial charge in [0.1, 0.15) is 15.6 Å². The number of rotatable bonds is 6. The predicted molar refractivity (Wildman–Crippen MR) is 72.3 cm³/mol. The highest BCUT2D eigenvalue weighted by molar-refractivity contribution is 7.91. The molecule has 0 unspecified atom stereocenters. The lowest BCUT2D eigenvalue weighted by molar-refractivity contribution is 0.416. The van der Waals surface area contributed by atoms with E-state index in [1.807, 2.05) is 0 Å². The molecular weight excluding hydrogens is 292 g/mol. The molecule has 0 heterocycles. The fraction of sp³-hybridized carbons (Fsp3) is 0.400. The van der Waals surface area contributed by atoms with Crippen LogP contribution in [0.3, 0.4) is 0 Å². The molecular formula is C10H16N2O5S2. The zero-order chi connectivity index (χ0) is 14.7. The molecule has 0 aromatic heterocycles. The van der Waals surface area contributed by atoms with Gasteiger partial charge in [-0.2, -0.15) is 0 Å². The number of sulfonamides is 1. The van der Waals surface area contributed by atoms with Gasteiger partial charge < -0.3 is 10.5 Å². The summed E-state index contributed by atoms with van der Waals surface area (Å²) in [6.07, 6.45) is 1.03. The van der Waals surface area contributed by atoms with Crippen molar-refractivity contribution in [2.24, 2.45) is 0 Å². The summed E-state index contributed by atoms with van der Waals surface area (Å²) in [5.74, 6) is 0.104. The predicted octanol–water partition coefficient (Wildman–Crippen LogP) is -0.400. The zero-order valence-electron chi connectivity index (χ0n) is 10.6. The monoisotopic (exact) mass is 308 g/mol. The van der Waals surface area contributed by atoms with Gasteiger partial charge in [0.05, 0.1) is 23.4 Å². The van der Waals surface area contributed by atoms with E-state index in [2.05, 4.69) is 4.72 Å². The van der Waals surface area contributed by atoms with Crippen LogP contribution in [0.25, 0.3) is 0 Å². The van der Waals surface area contributed by atoms with Crippen LogP contribution in [0.15, 0.2) is 23.1 Å². The number of hydrogen-bond donors (Lipinski definition) is 2. The molecule has 0 aliphatic carbocycles. The lowest BCUT2D eigenvalue weighted by Gasteiger charge is -2.09. The first-order valence-electron chi connectivity index (χ1n) is 5.26. The summed E-state index contributed by atoms with van der Waals surface area (Å²) in [4.78, 5) is -0.0423. The summed E-state index contributed by atoms with van der Waals surface area (Å²) >= 11 is 0. The van der Waals surface area contributed by atoms with Gasteiger partial charge in [0.2, 0.25) is 10.0 Å². The van der Waals surface area contributed by atoms with E-state index in [9.17, 15) is 16.8 Å². The summed E-state index contributed by atoms with van der Waals surface area (Å²) in [5, 5.41) is 0. The molecule has 108 valence electrons. The average Bonchev–Trinajstić information content (AvgIpc) is 2.26. The Labute approximate surface area is 112 Å². The van der Waals surface area contributed by atoms with Crippen LogP contribution in [0.5, 0.6) is 5.75 Å². The van der Waals surface area contributed by atoms with Crippen molar-refractivity contribution in [2.45, 2.75) is 4.90 Å². The topological polar surface area (TPSA) is 116 Å². The number of nitrogens with one attached hydrogen (secondary N) is 1. The van der Waals surface area contributed by atoms with E-state index >= 15 is 0 Å². The van der Waals surface area contributed by atoms with Crippen molar-refractivity contribution in [2.75, 3.05) is 31.4 Å². The quantitative estimate of drug-likeness (QED) is 0.691. The smallest absolute Gasteiger partial charge is 0.240 e. The average molecular weight is 308 g/mol. The third-order valence-corrected chi connectivity index (χ3v) is 4.68. The van der Waals surface area contributed by atoms with Crippen LogP contribution < -0.4 is 15.2 Å². The molecule has 1 aromatic rings. The van der Waals surface area contributed by atoms with Gasteiger partial charge in [-0.25, -0.2) is 21.6 Å². The largest absolute Gasteiger partial charge is 0.495 e. The van der Waals surface area contributed by atoms with Gasteiger partial charge in [0.25, 0.3) is 0 Å². The normalized spacial score (nSPS) is 12.3. The standard InChI is InChI=1S/C10H16N2O5S2/c1-17-10-4-3-8(7-9(10)11)19(15,16)12-5-6-18(2,13)14/h3-4,7,12H,5-6,11H2,1-2H3. The van der Waals surface area contributed by atoms with Crippen molar-refractivity contribution in [1.29, 1.82) is 0 Å². The molecule has 7 nitrogen and oxygen atoms in total. The number of methoxy groups -OCH3 is 1. The maximum absolute atomic E-state index is 11.9. The van der Waals surface area contributed by atoms with E-state index in [0.717, 1.165) is 6.26 Å². The molecule has 0 aliphatic heterocycles. The molecule has 19 heavy (non-hydrogen) atoms. The van der Waals surface area contributed by atoms with Gasteiger partial charge in [0, 0.05) is 12.8 Å². The molecule has 3 N–H and O–H groups in total. The number of benzene rings is 1. The SMILES string of the molecule is COc1ccc(S(=O)(=O)NCCS(C)(=O)=O)cc1N. The number of nitrogen functional groups attached to an aromatic ring is 1. The number of sulfone groups is 1. The summed E-state index contributed by atoms with van der Waals surface area (Å²) in [5.41, 5.74) is 5.80. The highest BCUT2D eigenvalue weighted by atomic mass is 32.2. The molecule has 9 heteroatoms. The fourth-order valence-corrected chi connectivity index (χ4v) is 2.99. The minimum absolute atomic E-state index is 0.0423. The van der Waals surface area contributed by atoms with Gasteiger partial charge in [-0.3, -0.25) is 0 Å². The van der Waals surface area contributed by atoms with Crippen molar-refractivity contribution in [3.63, 3.8) is 0 Å². The van der Waals surface area contributed by atoms with Crippen molar-refractivity contribution in [3.05, 3.63) is 18.2 Å². The van der Waals surface area contributed by atoms with Gasteiger partial charge in [-0.05, 0) is 18.2 Å². The lowest BCUT2D eigenvalue weighted by atomic mass is 10.3. The fourth-order valence-electron chi connectivity index (χ4n) is 1.32. The van der Waals surface area contributed by atoms with Crippen molar-refractivity contribution in [3.8, 4) is 5.75 Å². The second kappa shape index (κ2) is 5.76. The molecule has 0 radical (unpaired) electrons. The Hall–Kier alpha value is -1.32. The van der Waals surface area contributed by atoms with E-state index in [1.54, 1.807) is 0 Å². The highest BCUT2D eigenvalue weighted by Gasteiger charge is 2.16. The minimum Gasteiger partial charge on any atom is -0.495 e. The maximum Gasteiger partial charge on any atom is 0.240 e. The Balaban J connectivity index is 2.86. The second-order valence-corrected chi connectivity index (χ2v) is 7.96. The summed E-state index contributed by atoms with van der Waals surface area (Å²) in [7, 11) is -5.58. The number of nitrogens with two attached hydrogens (primary N) is 1. The van der Waals surface area contributed by atoms with E-state index < -0.39 is 19.9 Å². The molecule has 0 bridgehead atoms. The Morgan fingerprint density at radius 3 is 2.37 bits per heavy atom. The number of anilines is 1. The van der Waals surface area contributed by atoms with Crippen LogP contribution in [0.2, 0.25) is 0 Å². The summed E-state index contributed by atoms with van der Waals surface area (Å²) in [6.45, 7) is -0.187. The van der Waals surface area contributed by atoms with Crippen molar-refractivity contribution in [1.82, 2.24) is 4.72 Å². The van der Waals surface area contributed by atoms with Gasteiger partial charge >= 0.3 is 0 Å². The third-order valence-electron chi connectivity index (χ3n) is 2.28. The molecule has 0 spiro atoms. The van der Waals surface area contributed by atoms with Crippen molar-refractivity contribution < 1.29 is 21.6 Å². The number of hydrogen-bond acceptors (Lipinski definition) is 6. The van der Waals surface area contributed by atoms with Gasteiger partial charge in [0.15, 0.2) is 0 Å². The zero-order valence-corrected chi connectivity index (χ0v) is 12.2. The first-order valence-corrected chi connectivity index (χ1v) is 8.81. The molecule has 0 aliphatic rings. The third kappa shape index (κ3) is 4.69. The van der Waals surface area contributed by atoms with E-state index in [1.165, 1.54) is 25.3 Å². The summed E-state index contributed by atoms with van der Waals surface area (Å²) < 4.78 is 52.7. The maximum atomic E-state index is 11.9. The lowest BCUT2D eigenvalue weighted by Crippen LogP contribution is -2.29. The van der Waals surface area contributed by atoms with Crippen LogP contribution in [-0.4, -0.2) is 42.5 Å². The molecule has 0 atom stereocenters. The Morgan fingerprint density at radius 2 is 1.89 bits per heavy atom. The highest BCUT2D eigenvalue weighted by Crippen LogP contribution is 2.24. The van der Waals surface area contributed by atoms with Crippen LogP contribution in [-0.2, 0) is 19.9 Å². The first kappa shape index (κ1) is 15.7. The van der Waals surface area contributed by atoms with E-state index in [4.69, 9.17) is 10.5 Å². The Kier molecular flexibility index (Phi) is 4.77. The van der Waals surface area contributed by atoms with Crippen LogP contribution in [0.4, 0.5) is 5.69 Å².